The molecular formula is C15H14F3NO2. The SMILES string of the molecule is CCCOc1ccc(-c2cc(C(F)(F)F)cc(=O)[nH]2)cc1. The van der Waals surface area contributed by atoms with Crippen LogP contribution in [0.3, 0.4) is 0 Å². The molecule has 0 fully saturated rings. The number of hydrogen-bond donors (Lipinski definition) is 1. The van der Waals surface area contributed by atoms with Gasteiger partial charge < -0.3 is 9.72 Å². The van der Waals surface area contributed by atoms with Gasteiger partial charge in [0.2, 0.25) is 5.56 Å². The van der Waals surface area contributed by atoms with Gasteiger partial charge in [0, 0.05) is 11.8 Å². The van der Waals surface area contributed by atoms with Crippen LogP contribution in [0, 0.1) is 0 Å². The number of H-pyrrole nitrogens is 1. The zero-order chi connectivity index (χ0) is 15.5. The van der Waals surface area contributed by atoms with Gasteiger partial charge in [0.05, 0.1) is 12.2 Å². The second kappa shape index (κ2) is 6.03. The summed E-state index contributed by atoms with van der Waals surface area (Å²) in [7, 11) is 0. The number of benzene rings is 1. The molecule has 1 heterocycles. The largest absolute Gasteiger partial charge is 0.494 e. The van der Waals surface area contributed by atoms with Gasteiger partial charge in [0.15, 0.2) is 0 Å². The summed E-state index contributed by atoms with van der Waals surface area (Å²) in [5.74, 6) is 0.634. The predicted octanol–water partition coefficient (Wildman–Crippen LogP) is 3.85. The minimum Gasteiger partial charge on any atom is -0.494 e. The number of alkyl halides is 3. The molecule has 0 bridgehead atoms. The quantitative estimate of drug-likeness (QED) is 0.931. The first kappa shape index (κ1) is 15.2. The fourth-order valence-corrected chi connectivity index (χ4v) is 1.81. The normalized spacial score (nSPS) is 11.4. The van der Waals surface area contributed by atoms with Crippen LogP contribution in [-0.2, 0) is 6.18 Å². The monoisotopic (exact) mass is 297 g/mol. The molecule has 6 heteroatoms. The lowest BCUT2D eigenvalue weighted by Gasteiger charge is -2.09. The van der Waals surface area contributed by atoms with Crippen LogP contribution in [0.1, 0.15) is 18.9 Å². The number of rotatable bonds is 4. The number of hydrogen-bond acceptors (Lipinski definition) is 2. The maximum absolute atomic E-state index is 12.7. The molecule has 2 aromatic rings. The molecule has 0 unspecified atom stereocenters. The Morgan fingerprint density at radius 3 is 2.38 bits per heavy atom. The van der Waals surface area contributed by atoms with Crippen LogP contribution in [0.5, 0.6) is 5.75 Å². The van der Waals surface area contributed by atoms with Gasteiger partial charge in [0.1, 0.15) is 5.75 Å². The first-order valence-electron chi connectivity index (χ1n) is 6.45. The maximum atomic E-state index is 12.7. The smallest absolute Gasteiger partial charge is 0.416 e. The third-order valence-corrected chi connectivity index (χ3v) is 2.81. The van der Waals surface area contributed by atoms with Crippen LogP contribution in [0.4, 0.5) is 13.2 Å². The summed E-state index contributed by atoms with van der Waals surface area (Å²) in [5, 5.41) is 0. The molecule has 2 rings (SSSR count). The molecule has 0 radical (unpaired) electrons. The average Bonchev–Trinajstić information content (AvgIpc) is 2.44. The van der Waals surface area contributed by atoms with E-state index >= 15 is 0 Å². The van der Waals surface area contributed by atoms with Crippen LogP contribution in [0.2, 0.25) is 0 Å². The van der Waals surface area contributed by atoms with E-state index in [0.717, 1.165) is 12.5 Å². The molecule has 3 nitrogen and oxygen atoms in total. The summed E-state index contributed by atoms with van der Waals surface area (Å²) < 4.78 is 43.5. The van der Waals surface area contributed by atoms with E-state index in [0.29, 0.717) is 24.0 Å². The standard InChI is InChI=1S/C15H14F3NO2/c1-2-7-21-12-5-3-10(4-6-12)13-8-11(15(16,17)18)9-14(20)19-13/h3-6,8-9H,2,7H2,1H3,(H,19,20). The van der Waals surface area contributed by atoms with Gasteiger partial charge in [-0.2, -0.15) is 13.2 Å². The lowest BCUT2D eigenvalue weighted by Crippen LogP contribution is -2.13. The van der Waals surface area contributed by atoms with Crippen molar-refractivity contribution < 1.29 is 17.9 Å². The van der Waals surface area contributed by atoms with Crippen molar-refractivity contribution in [3.05, 3.63) is 52.3 Å². The fraction of sp³-hybridized carbons (Fsp3) is 0.267. The molecule has 0 saturated carbocycles. The van der Waals surface area contributed by atoms with Crippen molar-refractivity contribution >= 4 is 0 Å². The third kappa shape index (κ3) is 3.87. The molecule has 1 aromatic heterocycles. The molecule has 1 aromatic carbocycles. The lowest BCUT2D eigenvalue weighted by atomic mass is 10.1. The Hall–Kier alpha value is -2.24. The van der Waals surface area contributed by atoms with E-state index in [1.54, 1.807) is 24.3 Å². The van der Waals surface area contributed by atoms with E-state index in [4.69, 9.17) is 4.74 Å². The molecular weight excluding hydrogens is 283 g/mol. The minimum absolute atomic E-state index is 0.122. The summed E-state index contributed by atoms with van der Waals surface area (Å²) in [6.07, 6.45) is -3.68. The summed E-state index contributed by atoms with van der Waals surface area (Å²) in [6.45, 7) is 2.54. The highest BCUT2D eigenvalue weighted by Gasteiger charge is 2.31. The fourth-order valence-electron chi connectivity index (χ4n) is 1.81. The second-order valence-corrected chi connectivity index (χ2v) is 4.52. The summed E-state index contributed by atoms with van der Waals surface area (Å²) in [6, 6.07) is 7.99. The third-order valence-electron chi connectivity index (χ3n) is 2.81. The molecule has 21 heavy (non-hydrogen) atoms. The van der Waals surface area contributed by atoms with Gasteiger partial charge >= 0.3 is 6.18 Å². The van der Waals surface area contributed by atoms with Crippen molar-refractivity contribution in [3.8, 4) is 17.0 Å². The number of nitrogens with one attached hydrogen (secondary N) is 1. The summed E-state index contributed by atoms with van der Waals surface area (Å²) in [4.78, 5) is 13.8. The predicted molar refractivity (Wildman–Crippen MR) is 73.3 cm³/mol. The zero-order valence-electron chi connectivity index (χ0n) is 11.3. The molecule has 0 aliphatic carbocycles. The molecule has 0 aliphatic rings. The van der Waals surface area contributed by atoms with Crippen LogP contribution in [-0.4, -0.2) is 11.6 Å². The van der Waals surface area contributed by atoms with Crippen LogP contribution < -0.4 is 10.3 Å². The van der Waals surface area contributed by atoms with Crippen molar-refractivity contribution in [2.45, 2.75) is 19.5 Å². The summed E-state index contributed by atoms with van der Waals surface area (Å²) >= 11 is 0. The average molecular weight is 297 g/mol. The van der Waals surface area contributed by atoms with E-state index in [2.05, 4.69) is 4.98 Å². The highest BCUT2D eigenvalue weighted by atomic mass is 19.4. The van der Waals surface area contributed by atoms with E-state index in [1.807, 2.05) is 6.92 Å². The van der Waals surface area contributed by atoms with E-state index in [-0.39, 0.29) is 5.69 Å². The van der Waals surface area contributed by atoms with Crippen molar-refractivity contribution in [1.82, 2.24) is 4.98 Å². The molecule has 0 saturated heterocycles. The number of halogens is 3. The Balaban J connectivity index is 2.33. The maximum Gasteiger partial charge on any atom is 0.416 e. The minimum atomic E-state index is -4.55. The van der Waals surface area contributed by atoms with Gasteiger partial charge in [-0.15, -0.1) is 0 Å². The topological polar surface area (TPSA) is 42.1 Å². The number of aromatic amines is 1. The van der Waals surface area contributed by atoms with Crippen LogP contribution >= 0.6 is 0 Å². The van der Waals surface area contributed by atoms with Gasteiger partial charge in [-0.1, -0.05) is 6.92 Å². The van der Waals surface area contributed by atoms with Crippen molar-refractivity contribution in [3.63, 3.8) is 0 Å². The Morgan fingerprint density at radius 1 is 1.14 bits per heavy atom. The molecule has 0 spiro atoms. The van der Waals surface area contributed by atoms with Gasteiger partial charge in [-0.05, 0) is 42.3 Å². The van der Waals surface area contributed by atoms with E-state index < -0.39 is 17.3 Å². The summed E-state index contributed by atoms with van der Waals surface area (Å²) in [5.41, 5.74) is -1.14. The van der Waals surface area contributed by atoms with E-state index in [9.17, 15) is 18.0 Å². The second-order valence-electron chi connectivity index (χ2n) is 4.52. The molecule has 112 valence electrons. The molecule has 0 amide bonds. The Bertz CT molecular complexity index is 660. The Morgan fingerprint density at radius 2 is 1.81 bits per heavy atom. The highest BCUT2D eigenvalue weighted by molar-refractivity contribution is 5.60. The van der Waals surface area contributed by atoms with Crippen molar-refractivity contribution in [2.24, 2.45) is 0 Å². The number of pyridine rings is 1. The molecule has 0 aliphatic heterocycles. The molecule has 0 atom stereocenters. The zero-order valence-corrected chi connectivity index (χ0v) is 11.3. The van der Waals surface area contributed by atoms with E-state index in [1.165, 1.54) is 0 Å². The number of aromatic nitrogens is 1. The Labute approximate surface area is 119 Å². The van der Waals surface area contributed by atoms with Crippen LogP contribution in [0.25, 0.3) is 11.3 Å². The van der Waals surface area contributed by atoms with Crippen LogP contribution in [0.15, 0.2) is 41.2 Å². The van der Waals surface area contributed by atoms with Gasteiger partial charge in [-0.25, -0.2) is 0 Å². The first-order chi connectivity index (χ1) is 9.90. The van der Waals surface area contributed by atoms with Crippen molar-refractivity contribution in [2.75, 3.05) is 6.61 Å². The highest BCUT2D eigenvalue weighted by Crippen LogP contribution is 2.30. The first-order valence-corrected chi connectivity index (χ1v) is 6.45. The van der Waals surface area contributed by atoms with Gasteiger partial charge in [-0.3, -0.25) is 4.79 Å². The lowest BCUT2D eigenvalue weighted by molar-refractivity contribution is -0.137. The van der Waals surface area contributed by atoms with Crippen molar-refractivity contribution in [1.29, 1.82) is 0 Å². The Kier molecular flexibility index (Phi) is 4.35. The molecule has 1 N–H and O–H groups in total. The van der Waals surface area contributed by atoms with Gasteiger partial charge in [0.25, 0.3) is 0 Å². The number of ether oxygens (including phenoxy) is 1.